The van der Waals surface area contributed by atoms with Gasteiger partial charge in [-0.15, -0.1) is 11.3 Å². The van der Waals surface area contributed by atoms with Gasteiger partial charge in [-0.3, -0.25) is 14.5 Å². The highest BCUT2D eigenvalue weighted by Crippen LogP contribution is 2.46. The molecule has 4 rings (SSSR count). The van der Waals surface area contributed by atoms with Crippen molar-refractivity contribution in [2.45, 2.75) is 28.2 Å². The summed E-state index contributed by atoms with van der Waals surface area (Å²) in [6.45, 7) is 0.172. The van der Waals surface area contributed by atoms with Crippen molar-refractivity contribution < 1.29 is 50.0 Å². The number of ether oxygens (including phenoxy) is 1. The standard InChI is InChI=1S/C23H18F3N3O8S4/c1-12(37-41(34,35)23(24,25)26)18(21(32)33)29-19(31)17(28-16(30)11-36-13-7-3-2-4-8-13)20(29)39-40-22-27-14-9-5-6-10-15(14)38-22/h2-10,17,20H,11H2,1H3,(H,28,30)(H,32,33)/t17-,20-/m1/s1. The summed E-state index contributed by atoms with van der Waals surface area (Å²) in [7, 11) is -4.32. The lowest BCUT2D eigenvalue weighted by Crippen LogP contribution is -2.69. The lowest BCUT2D eigenvalue weighted by Gasteiger charge is -2.46. The Morgan fingerprint density at radius 2 is 1.80 bits per heavy atom. The highest BCUT2D eigenvalue weighted by atomic mass is 33.1. The zero-order chi connectivity index (χ0) is 29.9. The summed E-state index contributed by atoms with van der Waals surface area (Å²) in [5.74, 6) is -4.52. The fraction of sp³-hybridized carbons (Fsp3) is 0.217. The second kappa shape index (κ2) is 12.2. The number of aliphatic carboxylic acids is 1. The number of fused-ring (bicyclic) bond motifs is 1. The van der Waals surface area contributed by atoms with Crippen LogP contribution in [-0.2, 0) is 28.7 Å². The predicted molar refractivity (Wildman–Crippen MR) is 144 cm³/mol. The summed E-state index contributed by atoms with van der Waals surface area (Å²) >= 11 is 1.29. The molecule has 2 aromatic carbocycles. The number of rotatable bonds is 11. The van der Waals surface area contributed by atoms with E-state index < -0.39 is 62.9 Å². The number of para-hydroxylation sites is 2. The molecule has 11 nitrogen and oxygen atoms in total. The molecular formula is C23H18F3N3O8S4. The maximum atomic E-state index is 13.1. The van der Waals surface area contributed by atoms with Gasteiger partial charge in [0.2, 0.25) is 0 Å². The number of thiazole rings is 1. The number of allylic oxidation sites excluding steroid dienone is 1. The molecule has 2 N–H and O–H groups in total. The van der Waals surface area contributed by atoms with Crippen LogP contribution in [0, 0.1) is 0 Å². The molecule has 2 amide bonds. The molecule has 0 radical (unpaired) electrons. The second-order valence-electron chi connectivity index (χ2n) is 8.07. The Labute approximate surface area is 242 Å². The Balaban J connectivity index is 1.58. The number of hydrogen-bond acceptors (Lipinski definition) is 11. The SMILES string of the molecule is CC(OS(=O)(=O)C(F)(F)F)=C(C(=O)O)N1C(=O)[C@@H](NC(=O)COc2ccccc2)[C@H]1SSc1nc2ccccc2s1. The Morgan fingerprint density at radius 1 is 1.15 bits per heavy atom. The first-order valence-corrected chi connectivity index (χ1v) is 15.7. The van der Waals surface area contributed by atoms with Crippen molar-refractivity contribution in [3.05, 3.63) is 66.1 Å². The van der Waals surface area contributed by atoms with E-state index in [1.165, 1.54) is 11.3 Å². The molecule has 2 heterocycles. The fourth-order valence-corrected chi connectivity index (χ4v) is 7.88. The molecule has 1 fully saturated rings. The van der Waals surface area contributed by atoms with Gasteiger partial charge in [-0.2, -0.15) is 21.6 Å². The number of benzene rings is 2. The van der Waals surface area contributed by atoms with E-state index in [4.69, 9.17) is 4.74 Å². The van der Waals surface area contributed by atoms with Crippen LogP contribution in [0.25, 0.3) is 10.2 Å². The van der Waals surface area contributed by atoms with E-state index in [9.17, 15) is 41.1 Å². The minimum atomic E-state index is -6.23. The number of amides is 2. The molecule has 0 bridgehead atoms. The largest absolute Gasteiger partial charge is 0.534 e. The number of halogens is 3. The smallest absolute Gasteiger partial charge is 0.484 e. The lowest BCUT2D eigenvalue weighted by molar-refractivity contribution is -0.151. The predicted octanol–water partition coefficient (Wildman–Crippen LogP) is 3.95. The molecule has 1 saturated heterocycles. The van der Waals surface area contributed by atoms with Gasteiger partial charge in [0.15, 0.2) is 16.6 Å². The molecule has 41 heavy (non-hydrogen) atoms. The number of carboxylic acid groups (broad SMARTS) is 1. The van der Waals surface area contributed by atoms with Gasteiger partial charge in [0.1, 0.15) is 22.9 Å². The molecule has 0 saturated carbocycles. The van der Waals surface area contributed by atoms with E-state index >= 15 is 0 Å². The number of nitrogens with zero attached hydrogens (tertiary/aromatic N) is 2. The van der Waals surface area contributed by atoms with Crippen LogP contribution in [0.4, 0.5) is 13.2 Å². The molecule has 218 valence electrons. The minimum absolute atomic E-state index is 0.372. The Hall–Kier alpha value is -3.48. The highest BCUT2D eigenvalue weighted by molar-refractivity contribution is 8.77. The number of likely N-dealkylation sites (tertiary alicyclic amines) is 1. The van der Waals surface area contributed by atoms with Gasteiger partial charge >= 0.3 is 21.6 Å². The first-order chi connectivity index (χ1) is 19.3. The van der Waals surface area contributed by atoms with Gasteiger partial charge in [0.05, 0.1) is 10.2 Å². The lowest BCUT2D eigenvalue weighted by atomic mass is 10.1. The van der Waals surface area contributed by atoms with Gasteiger partial charge in [-0.1, -0.05) is 41.1 Å². The van der Waals surface area contributed by atoms with E-state index in [0.717, 1.165) is 26.3 Å². The number of alkyl halides is 3. The Bertz CT molecular complexity index is 1580. The van der Waals surface area contributed by atoms with E-state index in [1.807, 2.05) is 6.07 Å². The summed E-state index contributed by atoms with van der Waals surface area (Å²) in [5, 5.41) is 10.9. The van der Waals surface area contributed by atoms with Crippen LogP contribution < -0.4 is 10.1 Å². The fourth-order valence-electron chi connectivity index (χ4n) is 3.47. The highest BCUT2D eigenvalue weighted by Gasteiger charge is 2.54. The minimum Gasteiger partial charge on any atom is -0.484 e. The molecule has 1 aliphatic rings. The number of β-lactam (4-membered cyclic amide) rings is 1. The van der Waals surface area contributed by atoms with Crippen molar-refractivity contribution in [2.75, 3.05) is 6.61 Å². The summed E-state index contributed by atoms with van der Waals surface area (Å²) < 4.78 is 72.3. The molecule has 0 aliphatic carbocycles. The number of aromatic nitrogens is 1. The summed E-state index contributed by atoms with van der Waals surface area (Å²) in [6.07, 6.45) is 0. The number of carboxylic acids is 1. The quantitative estimate of drug-likeness (QED) is 0.0776. The monoisotopic (exact) mass is 649 g/mol. The van der Waals surface area contributed by atoms with Crippen molar-refractivity contribution in [1.29, 1.82) is 0 Å². The van der Waals surface area contributed by atoms with Crippen LogP contribution in [0.15, 0.2) is 70.4 Å². The van der Waals surface area contributed by atoms with Gasteiger partial charge in [-0.05, 0) is 42.0 Å². The molecule has 1 aromatic heterocycles. The Morgan fingerprint density at radius 3 is 2.44 bits per heavy atom. The van der Waals surface area contributed by atoms with E-state index in [2.05, 4.69) is 14.5 Å². The average Bonchev–Trinajstić information content (AvgIpc) is 3.32. The zero-order valence-corrected chi connectivity index (χ0v) is 23.8. The summed E-state index contributed by atoms with van der Waals surface area (Å²) in [5.41, 5.74) is -6.31. The number of carbonyl (C=O) groups excluding carboxylic acids is 2. The number of hydrogen-bond donors (Lipinski definition) is 2. The second-order valence-corrected chi connectivity index (χ2v) is 13.2. The van der Waals surface area contributed by atoms with Gasteiger partial charge < -0.3 is 19.3 Å². The third-order valence-electron chi connectivity index (χ3n) is 5.26. The third-order valence-corrected chi connectivity index (χ3v) is 10.3. The molecule has 0 unspecified atom stereocenters. The topological polar surface area (TPSA) is 152 Å². The van der Waals surface area contributed by atoms with Crippen LogP contribution in [0.3, 0.4) is 0 Å². The van der Waals surface area contributed by atoms with Crippen molar-refractivity contribution in [3.63, 3.8) is 0 Å². The molecule has 18 heteroatoms. The van der Waals surface area contributed by atoms with Crippen LogP contribution >= 0.6 is 32.9 Å². The normalized spacial score (nSPS) is 18.0. The summed E-state index contributed by atoms with van der Waals surface area (Å²) in [6, 6.07) is 14.1. The number of carbonyl (C=O) groups is 3. The van der Waals surface area contributed by atoms with Crippen LogP contribution in [0.1, 0.15) is 6.92 Å². The van der Waals surface area contributed by atoms with Crippen molar-refractivity contribution in [1.82, 2.24) is 15.2 Å². The average molecular weight is 650 g/mol. The molecule has 0 spiro atoms. The van der Waals surface area contributed by atoms with E-state index in [0.29, 0.717) is 27.4 Å². The van der Waals surface area contributed by atoms with Crippen LogP contribution in [0.2, 0.25) is 0 Å². The maximum Gasteiger partial charge on any atom is 0.534 e. The van der Waals surface area contributed by atoms with E-state index in [-0.39, 0.29) is 0 Å². The number of nitrogens with one attached hydrogen (secondary N) is 1. The first kappa shape index (κ1) is 30.5. The summed E-state index contributed by atoms with van der Waals surface area (Å²) in [4.78, 5) is 42.6. The van der Waals surface area contributed by atoms with Crippen LogP contribution in [0.5, 0.6) is 5.75 Å². The van der Waals surface area contributed by atoms with Gasteiger partial charge in [0.25, 0.3) is 11.8 Å². The van der Waals surface area contributed by atoms with Crippen molar-refractivity contribution >= 4 is 71.0 Å². The Kier molecular flexibility index (Phi) is 9.05. The third kappa shape index (κ3) is 6.88. The molecule has 1 aliphatic heterocycles. The van der Waals surface area contributed by atoms with Crippen molar-refractivity contribution in [2.24, 2.45) is 0 Å². The first-order valence-electron chi connectivity index (χ1n) is 11.2. The van der Waals surface area contributed by atoms with Gasteiger partial charge in [0, 0.05) is 0 Å². The van der Waals surface area contributed by atoms with Gasteiger partial charge in [-0.25, -0.2) is 9.78 Å². The van der Waals surface area contributed by atoms with Crippen molar-refractivity contribution in [3.8, 4) is 5.75 Å². The zero-order valence-electron chi connectivity index (χ0n) is 20.5. The van der Waals surface area contributed by atoms with Crippen LogP contribution in [-0.4, -0.2) is 64.7 Å². The molecular weight excluding hydrogens is 632 g/mol. The van der Waals surface area contributed by atoms with E-state index in [1.54, 1.807) is 48.5 Å². The molecule has 3 aromatic rings. The molecule has 2 atom stereocenters. The maximum absolute atomic E-state index is 13.1.